The van der Waals surface area contributed by atoms with Crippen molar-refractivity contribution in [3.63, 3.8) is 0 Å². The number of thioether (sulfide) groups is 1. The third kappa shape index (κ3) is 12.7. The first kappa shape index (κ1) is 47.3. The molecule has 8 rings (SSSR count). The summed E-state index contributed by atoms with van der Waals surface area (Å²) >= 11 is 2.16. The summed E-state index contributed by atoms with van der Waals surface area (Å²) in [7, 11) is -3.64. The summed E-state index contributed by atoms with van der Waals surface area (Å²) in [5, 5.41) is 30.8. The molecule has 6 nitrogen and oxygen atoms in total. The topological polar surface area (TPSA) is 104 Å². The van der Waals surface area contributed by atoms with Gasteiger partial charge in [-0.25, -0.2) is 0 Å². The Morgan fingerprint density at radius 1 is 0.714 bits per heavy atom. The zero-order chi connectivity index (χ0) is 37.4. The van der Waals surface area contributed by atoms with Crippen LogP contribution in [-0.2, 0) is 20.1 Å². The van der Waals surface area contributed by atoms with Crippen molar-refractivity contribution in [3.8, 4) is 11.5 Å². The van der Waals surface area contributed by atoms with Crippen LogP contribution in [0.2, 0.25) is 0 Å². The standard InChI is InChI=1S/C18H26O3S.C17H24OS.C10H8O2.3CH4/c1-13-6-9-16(10-7-13)22(19,20)21-18-5-3-4-15-12-14(2)8-11-17(15)18;18-15-9-10-16-14(11-15)7-4-8-17(16)19-12-13-5-2-1-3-6-13;11-8-4-5-9-7(6-8)2-1-3-10(9)12;;;/h6-7,9-10,14-15,17-18H,3-5,8,11-12H2,1-2H3;1-3,5-6,14-18H,4,7-12H2;1-6,11-12H;3*1H4. The van der Waals surface area contributed by atoms with Gasteiger partial charge >= 0.3 is 0 Å². The SMILES string of the molecule is C.C.C.Cc1ccc(S(=O)(=O)OC2CCCC3CC(C)CCC32)cc1.OC1CCC2C(CCCC2SCc2ccccc2)C1.Oc1ccc2c(O)cccc2c1. The molecular weight excluding hydrogens is 737 g/mol. The van der Waals surface area contributed by atoms with Crippen LogP contribution in [0.5, 0.6) is 11.5 Å². The summed E-state index contributed by atoms with van der Waals surface area (Å²) in [6, 6.07) is 27.9. The van der Waals surface area contributed by atoms with Gasteiger partial charge in [-0.1, -0.05) is 115 Å². The molecule has 4 aliphatic rings. The quantitative estimate of drug-likeness (QED) is 0.167. The van der Waals surface area contributed by atoms with E-state index in [2.05, 4.69) is 49.0 Å². The fraction of sp³-hybridized carbons (Fsp3) is 0.542. The van der Waals surface area contributed by atoms with E-state index in [-0.39, 0.29) is 50.9 Å². The van der Waals surface area contributed by atoms with Gasteiger partial charge in [-0.05, 0) is 135 Å². The first-order chi connectivity index (χ1) is 25.6. The Labute approximate surface area is 343 Å². The van der Waals surface area contributed by atoms with Crippen LogP contribution in [0.1, 0.15) is 117 Å². The monoisotopic (exact) mass is 806 g/mol. The van der Waals surface area contributed by atoms with Crippen molar-refractivity contribution < 1.29 is 27.9 Å². The lowest BCUT2D eigenvalue weighted by Crippen LogP contribution is -2.39. The summed E-state index contributed by atoms with van der Waals surface area (Å²) in [5.41, 5.74) is 2.50. The van der Waals surface area contributed by atoms with Crippen LogP contribution in [0.3, 0.4) is 0 Å². The second-order valence-electron chi connectivity index (χ2n) is 16.0. The van der Waals surface area contributed by atoms with Crippen LogP contribution < -0.4 is 0 Å². The molecule has 56 heavy (non-hydrogen) atoms. The Morgan fingerprint density at radius 3 is 2.12 bits per heavy atom. The number of phenols is 2. The number of hydrogen-bond acceptors (Lipinski definition) is 7. The van der Waals surface area contributed by atoms with Gasteiger partial charge in [0.2, 0.25) is 0 Å². The van der Waals surface area contributed by atoms with Gasteiger partial charge in [0.15, 0.2) is 0 Å². The van der Waals surface area contributed by atoms with Crippen molar-refractivity contribution in [2.24, 2.45) is 29.6 Å². The maximum absolute atomic E-state index is 12.5. The normalized spacial score (nSPS) is 26.8. The molecule has 0 spiro atoms. The van der Waals surface area contributed by atoms with Gasteiger partial charge < -0.3 is 15.3 Å². The van der Waals surface area contributed by atoms with Crippen LogP contribution in [-0.4, -0.2) is 41.2 Å². The number of rotatable bonds is 6. The summed E-state index contributed by atoms with van der Waals surface area (Å²) in [6.45, 7) is 4.26. The van der Waals surface area contributed by atoms with E-state index in [1.807, 2.05) is 25.1 Å². The van der Waals surface area contributed by atoms with Crippen molar-refractivity contribution in [2.75, 3.05) is 0 Å². The number of benzene rings is 4. The lowest BCUT2D eigenvalue weighted by atomic mass is 9.67. The number of aromatic hydroxyl groups is 2. The fourth-order valence-corrected chi connectivity index (χ4v) is 12.0. The molecule has 4 fully saturated rings. The molecule has 4 aromatic carbocycles. The molecule has 0 aliphatic heterocycles. The predicted molar refractivity (Wildman–Crippen MR) is 237 cm³/mol. The third-order valence-electron chi connectivity index (χ3n) is 12.1. The van der Waals surface area contributed by atoms with E-state index in [0.717, 1.165) is 77.2 Å². The minimum absolute atomic E-state index is 0. The molecule has 0 heterocycles. The summed E-state index contributed by atoms with van der Waals surface area (Å²) in [5.74, 6) is 5.11. The number of aliphatic hydroxyl groups excluding tert-OH is 1. The van der Waals surface area contributed by atoms with Crippen LogP contribution in [0.4, 0.5) is 0 Å². The minimum atomic E-state index is -3.64. The van der Waals surface area contributed by atoms with Crippen molar-refractivity contribution in [1.82, 2.24) is 0 Å². The molecule has 0 saturated heterocycles. The van der Waals surface area contributed by atoms with E-state index < -0.39 is 10.1 Å². The average Bonchev–Trinajstić information content (AvgIpc) is 3.15. The van der Waals surface area contributed by atoms with Gasteiger partial charge in [-0.15, -0.1) is 0 Å². The second kappa shape index (κ2) is 22.2. The Morgan fingerprint density at radius 2 is 1.39 bits per heavy atom. The zero-order valence-corrected chi connectivity index (χ0v) is 33.0. The maximum atomic E-state index is 12.5. The molecule has 3 N–H and O–H groups in total. The molecule has 8 unspecified atom stereocenters. The van der Waals surface area contributed by atoms with E-state index in [0.29, 0.717) is 11.8 Å². The van der Waals surface area contributed by atoms with Crippen molar-refractivity contribution in [2.45, 2.75) is 141 Å². The highest BCUT2D eigenvalue weighted by atomic mass is 32.2. The van der Waals surface area contributed by atoms with E-state index in [1.54, 1.807) is 42.5 Å². The Balaban J connectivity index is 0.000000227. The van der Waals surface area contributed by atoms with Crippen molar-refractivity contribution in [3.05, 3.63) is 102 Å². The van der Waals surface area contributed by atoms with Crippen LogP contribution in [0, 0.1) is 36.5 Å². The van der Waals surface area contributed by atoms with Crippen molar-refractivity contribution >= 4 is 32.7 Å². The first-order valence-electron chi connectivity index (χ1n) is 19.8. The van der Waals surface area contributed by atoms with E-state index in [4.69, 9.17) is 9.29 Å². The number of fused-ring (bicyclic) bond motifs is 3. The van der Waals surface area contributed by atoms with Crippen LogP contribution in [0.25, 0.3) is 10.8 Å². The van der Waals surface area contributed by atoms with E-state index >= 15 is 0 Å². The molecule has 4 aliphatic carbocycles. The average molecular weight is 807 g/mol. The molecule has 0 amide bonds. The highest BCUT2D eigenvalue weighted by Gasteiger charge is 2.40. The van der Waals surface area contributed by atoms with Gasteiger partial charge in [0.1, 0.15) is 11.5 Å². The zero-order valence-electron chi connectivity index (χ0n) is 31.4. The molecule has 0 bridgehead atoms. The number of aliphatic hydroxyl groups is 1. The molecule has 0 aromatic heterocycles. The molecule has 4 aromatic rings. The first-order valence-corrected chi connectivity index (χ1v) is 22.3. The van der Waals surface area contributed by atoms with Gasteiger partial charge in [-0.3, -0.25) is 4.18 Å². The Bertz CT molecular complexity index is 1850. The lowest BCUT2D eigenvalue weighted by molar-refractivity contribution is 0.0193. The molecule has 8 atom stereocenters. The lowest BCUT2D eigenvalue weighted by Gasteiger charge is -2.42. The highest BCUT2D eigenvalue weighted by Crippen LogP contribution is 2.46. The molecule has 4 saturated carbocycles. The van der Waals surface area contributed by atoms with Crippen LogP contribution in [0.15, 0.2) is 95.9 Å². The minimum Gasteiger partial charge on any atom is -0.508 e. The predicted octanol–water partition coefficient (Wildman–Crippen LogP) is 12.7. The molecule has 310 valence electrons. The summed E-state index contributed by atoms with van der Waals surface area (Å²) in [4.78, 5) is 0.282. The van der Waals surface area contributed by atoms with Gasteiger partial charge in [-0.2, -0.15) is 20.2 Å². The fourth-order valence-electron chi connectivity index (χ4n) is 9.30. The van der Waals surface area contributed by atoms with Crippen LogP contribution >= 0.6 is 11.8 Å². The maximum Gasteiger partial charge on any atom is 0.297 e. The number of phenolic OH excluding ortho intramolecular Hbond substituents is 2. The molecule has 8 heteroatoms. The smallest absolute Gasteiger partial charge is 0.297 e. The Hall–Kier alpha value is -3.04. The third-order valence-corrected chi connectivity index (χ3v) is 15.0. The summed E-state index contributed by atoms with van der Waals surface area (Å²) < 4.78 is 30.7. The number of hydrogen-bond donors (Lipinski definition) is 3. The highest BCUT2D eigenvalue weighted by molar-refractivity contribution is 7.99. The van der Waals surface area contributed by atoms with Gasteiger partial charge in [0.05, 0.1) is 17.1 Å². The van der Waals surface area contributed by atoms with Crippen molar-refractivity contribution in [1.29, 1.82) is 0 Å². The molecular formula is C48H70O6S2. The van der Waals surface area contributed by atoms with E-state index in [9.17, 15) is 18.6 Å². The second-order valence-corrected chi connectivity index (χ2v) is 18.8. The van der Waals surface area contributed by atoms with Gasteiger partial charge in [0, 0.05) is 16.4 Å². The molecule has 0 radical (unpaired) electrons. The number of aryl methyl sites for hydroxylation is 1. The Kier molecular flexibility index (Phi) is 18.8. The van der Waals surface area contributed by atoms with Gasteiger partial charge in [0.25, 0.3) is 10.1 Å². The van der Waals surface area contributed by atoms with E-state index in [1.165, 1.54) is 50.5 Å². The summed E-state index contributed by atoms with van der Waals surface area (Å²) in [6.07, 6.45) is 14.0. The largest absolute Gasteiger partial charge is 0.508 e.